The van der Waals surface area contributed by atoms with Gasteiger partial charge in [0.25, 0.3) is 0 Å². The molecule has 7 nitrogen and oxygen atoms in total. The fourth-order valence-electron chi connectivity index (χ4n) is 2.64. The van der Waals surface area contributed by atoms with Gasteiger partial charge in [0, 0.05) is 6.54 Å². The average Bonchev–Trinajstić information content (AvgIpc) is 2.58. The number of aliphatic carboxylic acids is 1. The molecule has 0 radical (unpaired) electrons. The number of hydrogen-bond donors (Lipinski definition) is 2. The molecule has 0 aromatic heterocycles. The number of nitrogens with zero attached hydrogens (tertiary/aromatic N) is 1. The quantitative estimate of drug-likeness (QED) is 0.724. The number of nitrogens with one attached hydrogen (secondary N) is 1. The van der Waals surface area contributed by atoms with Crippen LogP contribution in [0.4, 0.5) is 4.79 Å². The van der Waals surface area contributed by atoms with E-state index in [2.05, 4.69) is 5.32 Å². The largest absolute Gasteiger partial charge is 0.480 e. The Hall–Kier alpha value is -2.57. The van der Waals surface area contributed by atoms with Crippen molar-refractivity contribution in [3.63, 3.8) is 0 Å². The Morgan fingerprint density at radius 3 is 2.15 bits per heavy atom. The lowest BCUT2D eigenvalue weighted by Gasteiger charge is -2.32. The highest BCUT2D eigenvalue weighted by Gasteiger charge is 2.33. The molecule has 0 aliphatic heterocycles. The van der Waals surface area contributed by atoms with Crippen molar-refractivity contribution in [1.82, 2.24) is 10.2 Å². The van der Waals surface area contributed by atoms with E-state index in [0.717, 1.165) is 5.56 Å². The SMILES string of the molecule is CC[C@H](NC(=O)OC(C)(C)C)C(=O)N(Cc1ccccc1)[C@H](CC)C(=O)O. The van der Waals surface area contributed by atoms with Crippen LogP contribution in [0.25, 0.3) is 0 Å². The zero-order valence-electron chi connectivity index (χ0n) is 16.7. The van der Waals surface area contributed by atoms with Crippen LogP contribution in [0.3, 0.4) is 0 Å². The first-order chi connectivity index (χ1) is 12.6. The van der Waals surface area contributed by atoms with E-state index in [1.165, 1.54) is 4.90 Å². The highest BCUT2D eigenvalue weighted by molar-refractivity contribution is 5.89. The predicted molar refractivity (Wildman–Crippen MR) is 102 cm³/mol. The molecule has 2 N–H and O–H groups in total. The lowest BCUT2D eigenvalue weighted by atomic mass is 10.1. The fourth-order valence-corrected chi connectivity index (χ4v) is 2.64. The number of amides is 2. The molecule has 0 heterocycles. The first-order valence-electron chi connectivity index (χ1n) is 9.15. The second kappa shape index (κ2) is 9.94. The molecule has 0 saturated heterocycles. The Balaban J connectivity index is 3.04. The Kier molecular flexibility index (Phi) is 8.28. The van der Waals surface area contributed by atoms with Crippen molar-refractivity contribution < 1.29 is 24.2 Å². The highest BCUT2D eigenvalue weighted by atomic mass is 16.6. The summed E-state index contributed by atoms with van der Waals surface area (Å²) in [5.74, 6) is -1.52. The third-order valence-electron chi connectivity index (χ3n) is 3.92. The molecule has 1 aromatic carbocycles. The molecule has 0 aliphatic rings. The Morgan fingerprint density at radius 1 is 1.11 bits per heavy atom. The van der Waals surface area contributed by atoms with Crippen LogP contribution in [0.2, 0.25) is 0 Å². The molecule has 0 aliphatic carbocycles. The van der Waals surface area contributed by atoms with Gasteiger partial charge >= 0.3 is 12.1 Å². The van der Waals surface area contributed by atoms with Crippen LogP contribution in [-0.4, -0.2) is 45.7 Å². The van der Waals surface area contributed by atoms with Gasteiger partial charge in [-0.05, 0) is 39.2 Å². The van der Waals surface area contributed by atoms with E-state index in [4.69, 9.17) is 4.74 Å². The van der Waals surface area contributed by atoms with Crippen molar-refractivity contribution in [2.75, 3.05) is 0 Å². The van der Waals surface area contributed by atoms with Crippen molar-refractivity contribution in [1.29, 1.82) is 0 Å². The van der Waals surface area contributed by atoms with Gasteiger partial charge in [0.1, 0.15) is 17.7 Å². The molecular weight excluding hydrogens is 348 g/mol. The van der Waals surface area contributed by atoms with Crippen LogP contribution in [0.15, 0.2) is 30.3 Å². The maximum absolute atomic E-state index is 13.1. The monoisotopic (exact) mass is 378 g/mol. The Morgan fingerprint density at radius 2 is 1.70 bits per heavy atom. The van der Waals surface area contributed by atoms with E-state index in [9.17, 15) is 19.5 Å². The normalized spacial score (nSPS) is 13.4. The molecule has 2 amide bonds. The van der Waals surface area contributed by atoms with Gasteiger partial charge in [0.2, 0.25) is 5.91 Å². The summed E-state index contributed by atoms with van der Waals surface area (Å²) < 4.78 is 5.22. The topological polar surface area (TPSA) is 95.9 Å². The van der Waals surface area contributed by atoms with Gasteiger partial charge in [-0.15, -0.1) is 0 Å². The van der Waals surface area contributed by atoms with Gasteiger partial charge in [-0.1, -0.05) is 44.2 Å². The van der Waals surface area contributed by atoms with Gasteiger partial charge in [0.15, 0.2) is 0 Å². The maximum atomic E-state index is 13.1. The van der Waals surface area contributed by atoms with Crippen LogP contribution in [-0.2, 0) is 20.9 Å². The first-order valence-corrected chi connectivity index (χ1v) is 9.15. The number of carbonyl (C=O) groups is 3. The van der Waals surface area contributed by atoms with Gasteiger partial charge in [0.05, 0.1) is 0 Å². The van der Waals surface area contributed by atoms with Crippen molar-refractivity contribution in [2.24, 2.45) is 0 Å². The number of carboxylic acids is 1. The third kappa shape index (κ3) is 7.29. The van der Waals surface area contributed by atoms with Gasteiger partial charge < -0.3 is 20.1 Å². The number of hydrogen-bond acceptors (Lipinski definition) is 4. The van der Waals surface area contributed by atoms with E-state index >= 15 is 0 Å². The molecule has 1 rings (SSSR count). The predicted octanol–water partition coefficient (Wildman–Crippen LogP) is 3.18. The van der Waals surface area contributed by atoms with E-state index in [1.807, 2.05) is 30.3 Å². The standard InChI is InChI=1S/C20H30N2O5/c1-6-15(21-19(26)27-20(3,4)5)17(23)22(16(7-2)18(24)25)13-14-11-9-8-10-12-14/h8-12,15-16H,6-7,13H2,1-5H3,(H,21,26)(H,24,25)/t15-,16+/m0/s1. The molecule has 7 heteroatoms. The van der Waals surface area contributed by atoms with E-state index in [-0.39, 0.29) is 13.0 Å². The van der Waals surface area contributed by atoms with Crippen molar-refractivity contribution >= 4 is 18.0 Å². The lowest BCUT2D eigenvalue weighted by molar-refractivity contribution is -0.151. The minimum Gasteiger partial charge on any atom is -0.480 e. The lowest BCUT2D eigenvalue weighted by Crippen LogP contribution is -2.53. The molecule has 0 saturated carbocycles. The van der Waals surface area contributed by atoms with Crippen molar-refractivity contribution in [2.45, 2.75) is 71.7 Å². The summed E-state index contributed by atoms with van der Waals surface area (Å²) in [6, 6.07) is 7.33. The molecule has 2 atom stereocenters. The van der Waals surface area contributed by atoms with Crippen LogP contribution in [0.1, 0.15) is 53.0 Å². The number of carbonyl (C=O) groups excluding carboxylic acids is 2. The molecule has 0 unspecified atom stereocenters. The number of carboxylic acid groups (broad SMARTS) is 1. The molecule has 27 heavy (non-hydrogen) atoms. The summed E-state index contributed by atoms with van der Waals surface area (Å²) in [5.41, 5.74) is 0.125. The summed E-state index contributed by atoms with van der Waals surface area (Å²) in [7, 11) is 0. The number of alkyl carbamates (subject to hydrolysis) is 1. The smallest absolute Gasteiger partial charge is 0.408 e. The minimum atomic E-state index is -1.08. The second-order valence-electron chi connectivity index (χ2n) is 7.32. The van der Waals surface area contributed by atoms with Crippen LogP contribution in [0, 0.1) is 0 Å². The van der Waals surface area contributed by atoms with E-state index in [1.54, 1.807) is 34.6 Å². The van der Waals surface area contributed by atoms with Gasteiger partial charge in [-0.25, -0.2) is 9.59 Å². The van der Waals surface area contributed by atoms with E-state index < -0.39 is 35.7 Å². The molecule has 150 valence electrons. The minimum absolute atomic E-state index is 0.150. The number of ether oxygens (including phenoxy) is 1. The summed E-state index contributed by atoms with van der Waals surface area (Å²) in [4.78, 5) is 38.1. The summed E-state index contributed by atoms with van der Waals surface area (Å²) in [6.45, 7) is 8.81. The summed E-state index contributed by atoms with van der Waals surface area (Å²) in [5, 5.41) is 12.1. The van der Waals surface area contributed by atoms with Crippen LogP contribution >= 0.6 is 0 Å². The third-order valence-corrected chi connectivity index (χ3v) is 3.92. The summed E-state index contributed by atoms with van der Waals surface area (Å²) >= 11 is 0. The molecule has 0 bridgehead atoms. The highest BCUT2D eigenvalue weighted by Crippen LogP contribution is 2.15. The molecule has 0 fully saturated rings. The molecule has 1 aromatic rings. The average molecular weight is 378 g/mol. The summed E-state index contributed by atoms with van der Waals surface area (Å²) in [6.07, 6.45) is -0.123. The molecular formula is C20H30N2O5. The Labute approximate surface area is 160 Å². The van der Waals surface area contributed by atoms with E-state index in [0.29, 0.717) is 6.42 Å². The zero-order chi connectivity index (χ0) is 20.6. The number of rotatable bonds is 8. The Bertz CT molecular complexity index is 640. The fraction of sp³-hybridized carbons (Fsp3) is 0.550. The first kappa shape index (κ1) is 22.5. The van der Waals surface area contributed by atoms with Crippen LogP contribution < -0.4 is 5.32 Å². The van der Waals surface area contributed by atoms with Gasteiger partial charge in [-0.3, -0.25) is 4.79 Å². The second-order valence-corrected chi connectivity index (χ2v) is 7.32. The van der Waals surface area contributed by atoms with Gasteiger partial charge in [-0.2, -0.15) is 0 Å². The molecule has 0 spiro atoms. The van der Waals surface area contributed by atoms with Crippen molar-refractivity contribution in [3.05, 3.63) is 35.9 Å². The maximum Gasteiger partial charge on any atom is 0.408 e. The number of benzene rings is 1. The van der Waals surface area contributed by atoms with Crippen LogP contribution in [0.5, 0.6) is 0 Å². The zero-order valence-corrected chi connectivity index (χ0v) is 16.7. The van der Waals surface area contributed by atoms with Crippen molar-refractivity contribution in [3.8, 4) is 0 Å².